The van der Waals surface area contributed by atoms with E-state index in [9.17, 15) is 4.79 Å². The van der Waals surface area contributed by atoms with Crippen molar-refractivity contribution in [2.24, 2.45) is 0 Å². The summed E-state index contributed by atoms with van der Waals surface area (Å²) in [6, 6.07) is 0. The molecule has 0 amide bonds. The van der Waals surface area contributed by atoms with Crippen molar-refractivity contribution < 1.29 is 20.1 Å². The van der Waals surface area contributed by atoms with Gasteiger partial charge in [-0.25, -0.2) is 4.79 Å². The zero-order valence-corrected chi connectivity index (χ0v) is 11.9. The lowest BCUT2D eigenvalue weighted by atomic mass is 10.4. The van der Waals surface area contributed by atoms with Crippen molar-refractivity contribution in [1.82, 2.24) is 0 Å². The van der Waals surface area contributed by atoms with Gasteiger partial charge in [-0.2, -0.15) is 0 Å². The number of aliphatic carboxylic acids is 1. The van der Waals surface area contributed by atoms with Gasteiger partial charge in [-0.3, -0.25) is 0 Å². The summed E-state index contributed by atoms with van der Waals surface area (Å²) in [7, 11) is 0. The molecular formula is C16H24O4. The molecule has 0 radical (unpaired) electrons. The van der Waals surface area contributed by atoms with Crippen LogP contribution >= 0.6 is 0 Å². The van der Waals surface area contributed by atoms with E-state index in [4.69, 9.17) is 15.3 Å². The fourth-order valence-corrected chi connectivity index (χ4v) is 0.786. The van der Waals surface area contributed by atoms with Crippen LogP contribution in [0, 0.1) is 0 Å². The van der Waals surface area contributed by atoms with E-state index < -0.39 is 5.97 Å². The Labute approximate surface area is 120 Å². The second-order valence-corrected chi connectivity index (χ2v) is 3.72. The molecule has 2 aliphatic carbocycles. The van der Waals surface area contributed by atoms with Crippen LogP contribution in [0.1, 0.15) is 19.8 Å². The topological polar surface area (TPSA) is 77.8 Å². The van der Waals surface area contributed by atoms with Crippen molar-refractivity contribution in [2.45, 2.75) is 19.8 Å². The van der Waals surface area contributed by atoms with Gasteiger partial charge >= 0.3 is 5.97 Å². The lowest BCUT2D eigenvalue weighted by molar-refractivity contribution is -0.132. The number of aliphatic hydroxyl groups is 2. The maximum absolute atomic E-state index is 9.60. The summed E-state index contributed by atoms with van der Waals surface area (Å²) in [5.74, 6) is -0.935. The van der Waals surface area contributed by atoms with E-state index in [2.05, 4.69) is 55.2 Å². The monoisotopic (exact) mass is 280 g/mol. The molecule has 2 rings (SSSR count). The zero-order chi connectivity index (χ0) is 15.6. The molecule has 0 spiro atoms. The van der Waals surface area contributed by atoms with Crippen LogP contribution in [0.25, 0.3) is 0 Å². The summed E-state index contributed by atoms with van der Waals surface area (Å²) in [6.45, 7) is 4.35. The molecule has 0 saturated heterocycles. The first-order valence-electron chi connectivity index (χ1n) is 6.30. The van der Waals surface area contributed by atoms with Gasteiger partial charge in [0.2, 0.25) is 0 Å². The van der Waals surface area contributed by atoms with Crippen LogP contribution in [-0.4, -0.2) is 34.5 Å². The van der Waals surface area contributed by atoms with Crippen LogP contribution in [0.2, 0.25) is 0 Å². The highest BCUT2D eigenvalue weighted by molar-refractivity contribution is 5.84. The summed E-state index contributed by atoms with van der Waals surface area (Å²) in [5.41, 5.74) is 0.176. The van der Waals surface area contributed by atoms with Crippen LogP contribution in [0.4, 0.5) is 0 Å². The van der Waals surface area contributed by atoms with E-state index in [0.29, 0.717) is 0 Å². The third-order valence-corrected chi connectivity index (χ3v) is 1.78. The third kappa shape index (κ3) is 21.4. The van der Waals surface area contributed by atoms with Gasteiger partial charge in [0.05, 0.1) is 13.2 Å². The molecule has 0 bridgehead atoms. The SMILES string of the molecule is C1=CCC=C1.C1=CCC=C1.C=C(C)C(=O)O.OCCO. The van der Waals surface area contributed by atoms with Gasteiger partial charge in [0.15, 0.2) is 0 Å². The molecule has 0 aromatic heterocycles. The Balaban J connectivity index is 0. The first kappa shape index (κ1) is 20.4. The van der Waals surface area contributed by atoms with Gasteiger partial charge in [0.25, 0.3) is 0 Å². The smallest absolute Gasteiger partial charge is 0.330 e. The molecule has 0 aromatic carbocycles. The minimum Gasteiger partial charge on any atom is -0.478 e. The number of aliphatic hydroxyl groups excluding tert-OH is 2. The zero-order valence-electron chi connectivity index (χ0n) is 11.9. The van der Waals surface area contributed by atoms with E-state index in [0.717, 1.165) is 12.8 Å². The predicted molar refractivity (Wildman–Crippen MR) is 82.4 cm³/mol. The molecule has 3 N–H and O–H groups in total. The van der Waals surface area contributed by atoms with Gasteiger partial charge in [-0.1, -0.05) is 55.2 Å². The van der Waals surface area contributed by atoms with Crippen LogP contribution in [0.5, 0.6) is 0 Å². The Morgan fingerprint density at radius 1 is 0.950 bits per heavy atom. The van der Waals surface area contributed by atoms with E-state index >= 15 is 0 Å². The molecular weight excluding hydrogens is 256 g/mol. The summed E-state index contributed by atoms with van der Waals surface area (Å²) in [6.07, 6.45) is 19.0. The Bertz CT molecular complexity index is 307. The lowest BCUT2D eigenvalue weighted by Gasteiger charge is -1.79. The molecule has 0 heterocycles. The average molecular weight is 280 g/mol. The molecule has 0 atom stereocenters. The predicted octanol–water partition coefficient (Wildman–Crippen LogP) is 2.62. The number of carboxylic acids is 1. The van der Waals surface area contributed by atoms with Crippen molar-refractivity contribution in [3.8, 4) is 0 Å². The van der Waals surface area contributed by atoms with Gasteiger partial charge in [0, 0.05) is 5.57 Å². The van der Waals surface area contributed by atoms with Crippen LogP contribution in [0.15, 0.2) is 60.8 Å². The Morgan fingerprint density at radius 3 is 1.25 bits per heavy atom. The van der Waals surface area contributed by atoms with Gasteiger partial charge in [-0.05, 0) is 19.8 Å². The van der Waals surface area contributed by atoms with Crippen LogP contribution in [-0.2, 0) is 4.79 Å². The Kier molecular flexibility index (Phi) is 17.4. The number of rotatable bonds is 2. The van der Waals surface area contributed by atoms with E-state index in [-0.39, 0.29) is 18.8 Å². The molecule has 4 heteroatoms. The molecule has 2 aliphatic rings. The number of carboxylic acid groups (broad SMARTS) is 1. The normalized spacial score (nSPS) is 12.6. The van der Waals surface area contributed by atoms with Crippen molar-refractivity contribution in [2.75, 3.05) is 13.2 Å². The van der Waals surface area contributed by atoms with Crippen molar-refractivity contribution >= 4 is 5.97 Å². The van der Waals surface area contributed by atoms with Gasteiger partial charge in [0.1, 0.15) is 0 Å². The van der Waals surface area contributed by atoms with E-state index in [1.54, 1.807) is 0 Å². The molecule has 0 fully saturated rings. The Morgan fingerprint density at radius 2 is 1.20 bits per heavy atom. The maximum Gasteiger partial charge on any atom is 0.330 e. The first-order valence-corrected chi connectivity index (χ1v) is 6.30. The van der Waals surface area contributed by atoms with Crippen molar-refractivity contribution in [3.05, 3.63) is 60.8 Å². The molecule has 4 nitrogen and oxygen atoms in total. The maximum atomic E-state index is 9.60. The van der Waals surface area contributed by atoms with Crippen molar-refractivity contribution in [3.63, 3.8) is 0 Å². The molecule has 0 aromatic rings. The largest absolute Gasteiger partial charge is 0.478 e. The Hall–Kier alpha value is -1.91. The van der Waals surface area contributed by atoms with Gasteiger partial charge in [-0.15, -0.1) is 0 Å². The summed E-state index contributed by atoms with van der Waals surface area (Å²) < 4.78 is 0. The molecule has 0 aliphatic heterocycles. The van der Waals surface area contributed by atoms with Crippen LogP contribution in [0.3, 0.4) is 0 Å². The summed E-state index contributed by atoms with van der Waals surface area (Å²) in [4.78, 5) is 9.60. The second-order valence-electron chi connectivity index (χ2n) is 3.72. The molecule has 0 saturated carbocycles. The number of hydrogen-bond donors (Lipinski definition) is 3. The summed E-state index contributed by atoms with van der Waals surface area (Å²) >= 11 is 0. The standard InChI is InChI=1S/2C5H6.C4H6O2.C2H6O2/c2*1-2-4-5-3-1;1-3(2)4(5)6;3-1-2-4/h2*1-4H,5H2;1H2,2H3,(H,5,6);3-4H,1-2H2. The number of allylic oxidation sites excluding steroid dienone is 8. The second kappa shape index (κ2) is 17.1. The highest BCUT2D eigenvalue weighted by atomic mass is 16.4. The highest BCUT2D eigenvalue weighted by Crippen LogP contribution is 1.93. The average Bonchev–Trinajstić information content (AvgIpc) is 3.15. The van der Waals surface area contributed by atoms with E-state index in [1.165, 1.54) is 6.92 Å². The molecule has 20 heavy (non-hydrogen) atoms. The fraction of sp³-hybridized carbons (Fsp3) is 0.312. The fourth-order valence-electron chi connectivity index (χ4n) is 0.786. The first-order chi connectivity index (χ1) is 9.56. The minimum atomic E-state index is -0.935. The number of carbonyl (C=O) groups is 1. The van der Waals surface area contributed by atoms with Crippen LogP contribution < -0.4 is 0 Å². The molecule has 112 valence electrons. The number of hydrogen-bond acceptors (Lipinski definition) is 3. The summed E-state index contributed by atoms with van der Waals surface area (Å²) in [5, 5.41) is 23.1. The lowest BCUT2D eigenvalue weighted by Crippen LogP contribution is -1.92. The van der Waals surface area contributed by atoms with E-state index in [1.807, 2.05) is 0 Å². The highest BCUT2D eigenvalue weighted by Gasteiger charge is 1.90. The third-order valence-electron chi connectivity index (χ3n) is 1.78. The minimum absolute atomic E-state index is 0.125. The van der Waals surface area contributed by atoms with Gasteiger partial charge < -0.3 is 15.3 Å². The molecule has 0 unspecified atom stereocenters. The van der Waals surface area contributed by atoms with Crippen molar-refractivity contribution in [1.29, 1.82) is 0 Å². The quantitative estimate of drug-likeness (QED) is 0.679.